The van der Waals surface area contributed by atoms with Crippen molar-refractivity contribution in [2.45, 2.75) is 12.8 Å². The molecule has 4 N–H and O–H groups in total. The first-order chi connectivity index (χ1) is 15.6. The summed E-state index contributed by atoms with van der Waals surface area (Å²) in [7, 11) is 0. The molecule has 0 atom stereocenters. The van der Waals surface area contributed by atoms with Crippen molar-refractivity contribution >= 4 is 17.3 Å². The molecule has 0 amide bonds. The number of nitrogen functional groups attached to an aromatic ring is 1. The Hall–Kier alpha value is -3.43. The number of halogens is 1. The van der Waals surface area contributed by atoms with Gasteiger partial charge in [-0.2, -0.15) is 0 Å². The smallest absolute Gasteiger partial charge is 0.189 e. The number of hydrogen-bond donors (Lipinski definition) is 2. The summed E-state index contributed by atoms with van der Waals surface area (Å²) in [6.45, 7) is 3.17. The highest BCUT2D eigenvalue weighted by atomic mass is 19.1. The van der Waals surface area contributed by atoms with Gasteiger partial charge in [0.15, 0.2) is 11.6 Å². The summed E-state index contributed by atoms with van der Waals surface area (Å²) in [5.74, 6) is -0.745. The van der Waals surface area contributed by atoms with Crippen LogP contribution < -0.4 is 16.4 Å². The van der Waals surface area contributed by atoms with Gasteiger partial charge in [-0.05, 0) is 36.7 Å². The van der Waals surface area contributed by atoms with E-state index in [0.29, 0.717) is 26.2 Å². The summed E-state index contributed by atoms with van der Waals surface area (Å²) in [4.78, 5) is 27.9. The van der Waals surface area contributed by atoms with Crippen LogP contribution in [-0.2, 0) is 17.6 Å². The number of anilines is 2. The number of ether oxygens (including phenoxy) is 1. The number of nitrogens with two attached hydrogens (primary N) is 2. The molecule has 3 aromatic rings. The first-order valence-corrected chi connectivity index (χ1v) is 10.5. The Balaban J connectivity index is 1.61. The Morgan fingerprint density at radius 1 is 1.19 bits per heavy atom. The maximum atomic E-state index is 14.6. The van der Waals surface area contributed by atoms with E-state index >= 15 is 0 Å². The fraction of sp³-hybridized carbons (Fsp3) is 0.304. The van der Waals surface area contributed by atoms with Crippen molar-refractivity contribution in [3.63, 3.8) is 0 Å². The van der Waals surface area contributed by atoms with E-state index in [0.717, 1.165) is 29.9 Å². The molecule has 8 nitrogen and oxygen atoms in total. The fourth-order valence-electron chi connectivity index (χ4n) is 3.75. The Labute approximate surface area is 185 Å². The number of morpholine rings is 1. The second-order valence-electron chi connectivity index (χ2n) is 7.55. The molecule has 1 aliphatic heterocycles. The lowest BCUT2D eigenvalue weighted by Gasteiger charge is -2.30. The van der Waals surface area contributed by atoms with Crippen LogP contribution >= 0.6 is 0 Å². The Morgan fingerprint density at radius 2 is 2.00 bits per heavy atom. The molecule has 9 heteroatoms. The number of hydrogen-bond acceptors (Lipinski definition) is 8. The van der Waals surface area contributed by atoms with Gasteiger partial charge in [-0.1, -0.05) is 6.07 Å². The van der Waals surface area contributed by atoms with E-state index in [1.54, 1.807) is 24.5 Å². The number of ketones is 1. The van der Waals surface area contributed by atoms with Crippen LogP contribution in [0.2, 0.25) is 0 Å². The zero-order chi connectivity index (χ0) is 22.5. The summed E-state index contributed by atoms with van der Waals surface area (Å²) in [6, 6.07) is 6.71. The highest BCUT2D eigenvalue weighted by molar-refractivity contribution is 6.00. The van der Waals surface area contributed by atoms with Gasteiger partial charge in [0, 0.05) is 48.7 Å². The zero-order valence-corrected chi connectivity index (χ0v) is 17.6. The first kappa shape index (κ1) is 21.8. The Morgan fingerprint density at radius 3 is 2.75 bits per heavy atom. The van der Waals surface area contributed by atoms with Crippen molar-refractivity contribution < 1.29 is 13.9 Å². The molecular weight excluding hydrogens is 411 g/mol. The molecule has 0 spiro atoms. The summed E-state index contributed by atoms with van der Waals surface area (Å²) >= 11 is 0. The molecular formula is C23H25FN6O2. The molecule has 0 bridgehead atoms. The largest absolute Gasteiger partial charge is 0.382 e. The first-order valence-electron chi connectivity index (χ1n) is 10.5. The van der Waals surface area contributed by atoms with Crippen molar-refractivity contribution in [1.29, 1.82) is 0 Å². The number of carbonyl (C=O) groups is 1. The molecule has 1 fully saturated rings. The average molecular weight is 436 g/mol. The van der Waals surface area contributed by atoms with E-state index < -0.39 is 5.82 Å². The van der Waals surface area contributed by atoms with Crippen molar-refractivity contribution in [1.82, 2.24) is 15.0 Å². The number of rotatable bonds is 7. The predicted octanol–water partition coefficient (Wildman–Crippen LogP) is 2.02. The van der Waals surface area contributed by atoms with Gasteiger partial charge in [0.05, 0.1) is 25.1 Å². The standard InChI is InChI=1S/C23H25FN6O2/c24-18-11-15(3-5-25)1-2-17(18)19-14-28-23(26)22(29-19)21(31)12-16-13-27-6-4-20(16)30-7-9-32-10-8-30/h1-2,4,6,11,13-14H,3,5,7-10,12,25H2,(H2,26,28). The van der Waals surface area contributed by atoms with Crippen LogP contribution in [0.3, 0.4) is 0 Å². The second kappa shape index (κ2) is 9.80. The minimum absolute atomic E-state index is 0.00993. The molecule has 2 aromatic heterocycles. The fourth-order valence-corrected chi connectivity index (χ4v) is 3.75. The van der Waals surface area contributed by atoms with E-state index in [4.69, 9.17) is 16.2 Å². The van der Waals surface area contributed by atoms with Gasteiger partial charge < -0.3 is 21.1 Å². The van der Waals surface area contributed by atoms with Crippen molar-refractivity contribution in [3.8, 4) is 11.3 Å². The zero-order valence-electron chi connectivity index (χ0n) is 17.6. The van der Waals surface area contributed by atoms with Crippen molar-refractivity contribution in [2.24, 2.45) is 5.73 Å². The van der Waals surface area contributed by atoms with Gasteiger partial charge in [-0.3, -0.25) is 9.78 Å². The summed E-state index contributed by atoms with van der Waals surface area (Å²) in [6.07, 6.45) is 5.37. The molecule has 0 radical (unpaired) electrons. The van der Waals surface area contributed by atoms with Crippen LogP contribution in [0.25, 0.3) is 11.3 Å². The van der Waals surface area contributed by atoms with Crippen molar-refractivity contribution in [3.05, 3.63) is 65.5 Å². The minimum atomic E-state index is -0.449. The number of nitrogens with zero attached hydrogens (tertiary/aromatic N) is 4. The highest BCUT2D eigenvalue weighted by Crippen LogP contribution is 2.25. The van der Waals surface area contributed by atoms with Crippen LogP contribution in [0.4, 0.5) is 15.9 Å². The van der Waals surface area contributed by atoms with Crippen LogP contribution in [0.5, 0.6) is 0 Å². The third-order valence-electron chi connectivity index (χ3n) is 5.39. The lowest BCUT2D eigenvalue weighted by molar-refractivity contribution is 0.0988. The molecule has 3 heterocycles. The van der Waals surface area contributed by atoms with Gasteiger partial charge >= 0.3 is 0 Å². The number of pyridine rings is 1. The quantitative estimate of drug-likeness (QED) is 0.540. The van der Waals surface area contributed by atoms with Crippen molar-refractivity contribution in [2.75, 3.05) is 43.5 Å². The molecule has 0 unspecified atom stereocenters. The molecule has 1 aromatic carbocycles. The Kier molecular flexibility index (Phi) is 6.67. The summed E-state index contributed by atoms with van der Waals surface area (Å²) in [5.41, 5.74) is 14.5. The van der Waals surface area contributed by atoms with E-state index in [9.17, 15) is 9.18 Å². The monoisotopic (exact) mass is 436 g/mol. The van der Waals surface area contributed by atoms with E-state index in [-0.39, 0.29) is 35.0 Å². The summed E-state index contributed by atoms with van der Waals surface area (Å²) in [5, 5.41) is 0. The topological polar surface area (TPSA) is 120 Å². The second-order valence-corrected chi connectivity index (χ2v) is 7.55. The van der Waals surface area contributed by atoms with Crippen LogP contribution in [0.15, 0.2) is 42.9 Å². The van der Waals surface area contributed by atoms with Crippen LogP contribution in [-0.4, -0.2) is 53.6 Å². The van der Waals surface area contributed by atoms with E-state index in [1.165, 1.54) is 12.3 Å². The highest BCUT2D eigenvalue weighted by Gasteiger charge is 2.21. The van der Waals surface area contributed by atoms with Crippen LogP contribution in [0.1, 0.15) is 21.6 Å². The van der Waals surface area contributed by atoms with Gasteiger partial charge in [-0.25, -0.2) is 14.4 Å². The number of aromatic nitrogens is 3. The molecule has 166 valence electrons. The van der Waals surface area contributed by atoms with Gasteiger partial charge in [0.25, 0.3) is 0 Å². The average Bonchev–Trinajstić information content (AvgIpc) is 2.81. The van der Waals surface area contributed by atoms with E-state index in [1.807, 2.05) is 6.07 Å². The molecule has 1 aliphatic rings. The third kappa shape index (κ3) is 4.74. The molecule has 4 rings (SSSR count). The van der Waals surface area contributed by atoms with Crippen LogP contribution in [0, 0.1) is 5.82 Å². The lowest BCUT2D eigenvalue weighted by atomic mass is 10.0. The molecule has 1 saturated heterocycles. The third-order valence-corrected chi connectivity index (χ3v) is 5.39. The Bertz CT molecular complexity index is 1120. The maximum absolute atomic E-state index is 14.6. The van der Waals surface area contributed by atoms with Gasteiger partial charge in [0.1, 0.15) is 11.5 Å². The molecule has 0 aliphatic carbocycles. The summed E-state index contributed by atoms with van der Waals surface area (Å²) < 4.78 is 20.1. The predicted molar refractivity (Wildman–Crippen MR) is 120 cm³/mol. The number of carbonyl (C=O) groups excluding carboxylic acids is 1. The number of Topliss-reactive ketones (excluding diaryl/α,β-unsaturated/α-hetero) is 1. The molecule has 32 heavy (non-hydrogen) atoms. The SMILES string of the molecule is NCCc1ccc(-c2cnc(N)c(C(=O)Cc3cnccc3N3CCOCC3)n2)c(F)c1. The van der Waals surface area contributed by atoms with Gasteiger partial charge in [-0.15, -0.1) is 0 Å². The van der Waals surface area contributed by atoms with E-state index in [2.05, 4.69) is 19.9 Å². The number of benzene rings is 1. The maximum Gasteiger partial charge on any atom is 0.189 e. The minimum Gasteiger partial charge on any atom is -0.382 e. The molecule has 0 saturated carbocycles. The van der Waals surface area contributed by atoms with Gasteiger partial charge in [0.2, 0.25) is 0 Å². The normalized spacial score (nSPS) is 13.9. The lowest BCUT2D eigenvalue weighted by Crippen LogP contribution is -2.37.